The lowest BCUT2D eigenvalue weighted by atomic mass is 10.2. The van der Waals surface area contributed by atoms with Crippen LogP contribution in [0.15, 0.2) is 34.6 Å². The first-order chi connectivity index (χ1) is 6.83. The quantitative estimate of drug-likeness (QED) is 0.768. The summed E-state index contributed by atoms with van der Waals surface area (Å²) in [5.74, 6) is 0. The van der Waals surface area contributed by atoms with E-state index < -0.39 is 0 Å². The van der Waals surface area contributed by atoms with Gasteiger partial charge >= 0.3 is 0 Å². The van der Waals surface area contributed by atoms with E-state index in [1.807, 2.05) is 35.3 Å². The zero-order chi connectivity index (χ0) is 10.4. The molecule has 0 saturated heterocycles. The van der Waals surface area contributed by atoms with Gasteiger partial charge in [-0.15, -0.1) is 35.3 Å². The first kappa shape index (κ1) is 12.1. The Kier molecular flexibility index (Phi) is 5.60. The van der Waals surface area contributed by atoms with Gasteiger partial charge in [-0.05, 0) is 24.3 Å². The van der Waals surface area contributed by atoms with E-state index in [1.165, 1.54) is 14.7 Å². The summed E-state index contributed by atoms with van der Waals surface area (Å²) in [4.78, 5) is 1.38. The monoisotopic (exact) mass is 242 g/mol. The smallest absolute Gasteiger partial charge is 0.0538 e. The molecule has 1 aromatic rings. The number of benzene rings is 1. The van der Waals surface area contributed by atoms with Gasteiger partial charge in [-0.3, -0.25) is 0 Å². The van der Waals surface area contributed by atoms with Crippen molar-refractivity contribution >= 4 is 40.2 Å². The summed E-state index contributed by atoms with van der Waals surface area (Å²) in [5, 5.41) is 0. The van der Waals surface area contributed by atoms with Crippen molar-refractivity contribution in [3.8, 4) is 0 Å². The lowest BCUT2D eigenvalue weighted by molar-refractivity contribution is 1.65. The van der Waals surface area contributed by atoms with E-state index in [9.17, 15) is 0 Å². The maximum Gasteiger partial charge on any atom is 0.0538 e. The van der Waals surface area contributed by atoms with Crippen LogP contribution in [-0.4, -0.2) is 18.8 Å². The molecule has 0 nitrogen and oxygen atoms in total. The predicted molar refractivity (Wildman–Crippen MR) is 73.9 cm³/mol. The summed E-state index contributed by atoms with van der Waals surface area (Å²) in [6.45, 7) is 0. The highest BCUT2D eigenvalue weighted by molar-refractivity contribution is 8.23. The summed E-state index contributed by atoms with van der Waals surface area (Å²) in [6.07, 6.45) is 6.39. The highest BCUT2D eigenvalue weighted by atomic mass is 32.2. The molecule has 14 heavy (non-hydrogen) atoms. The van der Waals surface area contributed by atoms with Crippen molar-refractivity contribution in [3.63, 3.8) is 0 Å². The van der Waals surface area contributed by atoms with Crippen LogP contribution in [0.5, 0.6) is 0 Å². The number of hydrogen-bond acceptors (Lipinski definition) is 3. The molecule has 0 amide bonds. The van der Waals surface area contributed by atoms with Crippen molar-refractivity contribution in [1.29, 1.82) is 0 Å². The van der Waals surface area contributed by atoms with Crippen molar-refractivity contribution in [2.24, 2.45) is 0 Å². The Morgan fingerprint density at radius 3 is 1.86 bits per heavy atom. The van der Waals surface area contributed by atoms with Gasteiger partial charge in [-0.2, -0.15) is 0 Å². The summed E-state index contributed by atoms with van der Waals surface area (Å²) in [7, 11) is 0. The van der Waals surface area contributed by atoms with E-state index in [0.29, 0.717) is 0 Å². The molecule has 0 unspecified atom stereocenters. The van der Waals surface area contributed by atoms with Crippen LogP contribution in [0.2, 0.25) is 0 Å². The standard InChI is InChI=1S/C11H14S3/c1-12-10(11(13-2)14-3)9-7-5-4-6-8-9/h4-8H,1-3H3. The minimum absolute atomic E-state index is 1.32. The molecule has 0 radical (unpaired) electrons. The fourth-order valence-electron chi connectivity index (χ4n) is 1.18. The molecular weight excluding hydrogens is 228 g/mol. The van der Waals surface area contributed by atoms with Gasteiger partial charge in [0, 0.05) is 4.91 Å². The molecule has 0 bridgehead atoms. The van der Waals surface area contributed by atoms with Gasteiger partial charge in [-0.25, -0.2) is 0 Å². The van der Waals surface area contributed by atoms with Gasteiger partial charge in [0.05, 0.1) is 4.24 Å². The SMILES string of the molecule is CSC(SC)=C(SC)c1ccccc1. The van der Waals surface area contributed by atoms with Crippen molar-refractivity contribution < 1.29 is 0 Å². The number of rotatable bonds is 4. The predicted octanol–water partition coefficient (Wildman–Crippen LogP) is 4.40. The second kappa shape index (κ2) is 6.49. The molecule has 76 valence electrons. The maximum absolute atomic E-state index is 2.16. The Balaban J connectivity index is 3.09. The van der Waals surface area contributed by atoms with Crippen molar-refractivity contribution in [3.05, 3.63) is 40.1 Å². The van der Waals surface area contributed by atoms with E-state index in [4.69, 9.17) is 0 Å². The second-order valence-electron chi connectivity index (χ2n) is 2.59. The molecule has 1 rings (SSSR count). The fraction of sp³-hybridized carbons (Fsp3) is 0.273. The summed E-state index contributed by atoms with van der Waals surface area (Å²) in [5.41, 5.74) is 1.32. The van der Waals surface area contributed by atoms with Gasteiger partial charge < -0.3 is 0 Å². The minimum Gasteiger partial charge on any atom is -0.127 e. The Labute approximate surface area is 98.9 Å². The highest BCUT2D eigenvalue weighted by Gasteiger charge is 2.05. The maximum atomic E-state index is 2.16. The third-order valence-corrected chi connectivity index (χ3v) is 5.05. The topological polar surface area (TPSA) is 0 Å². The van der Waals surface area contributed by atoms with E-state index in [1.54, 1.807) is 0 Å². The van der Waals surface area contributed by atoms with Gasteiger partial charge in [0.25, 0.3) is 0 Å². The van der Waals surface area contributed by atoms with Gasteiger partial charge in [0.2, 0.25) is 0 Å². The van der Waals surface area contributed by atoms with Crippen LogP contribution >= 0.6 is 35.3 Å². The molecule has 0 heterocycles. The van der Waals surface area contributed by atoms with Crippen molar-refractivity contribution in [2.45, 2.75) is 0 Å². The van der Waals surface area contributed by atoms with Crippen LogP contribution in [0, 0.1) is 0 Å². The molecule has 0 aliphatic rings. The third-order valence-electron chi connectivity index (χ3n) is 1.80. The molecule has 0 aromatic heterocycles. The van der Waals surface area contributed by atoms with E-state index >= 15 is 0 Å². The fourth-order valence-corrected chi connectivity index (χ4v) is 3.99. The largest absolute Gasteiger partial charge is 0.127 e. The van der Waals surface area contributed by atoms with Gasteiger partial charge in [0.15, 0.2) is 0 Å². The average molecular weight is 242 g/mol. The van der Waals surface area contributed by atoms with Crippen molar-refractivity contribution in [2.75, 3.05) is 18.8 Å². The molecule has 0 fully saturated rings. The lowest BCUT2D eigenvalue weighted by Gasteiger charge is -2.09. The molecular formula is C11H14S3. The van der Waals surface area contributed by atoms with Crippen LogP contribution in [0.3, 0.4) is 0 Å². The Hall–Kier alpha value is 0.01000. The van der Waals surface area contributed by atoms with Crippen LogP contribution < -0.4 is 0 Å². The Morgan fingerprint density at radius 2 is 1.43 bits per heavy atom. The van der Waals surface area contributed by atoms with Crippen LogP contribution in [-0.2, 0) is 0 Å². The normalized spacial score (nSPS) is 9.93. The van der Waals surface area contributed by atoms with Crippen LogP contribution in [0.4, 0.5) is 0 Å². The zero-order valence-corrected chi connectivity index (χ0v) is 11.1. The molecule has 3 heteroatoms. The molecule has 0 spiro atoms. The third kappa shape index (κ3) is 3.01. The average Bonchev–Trinajstić information content (AvgIpc) is 2.27. The second-order valence-corrected chi connectivity index (χ2v) is 5.30. The molecule has 0 N–H and O–H groups in total. The van der Waals surface area contributed by atoms with E-state index in [-0.39, 0.29) is 0 Å². The van der Waals surface area contributed by atoms with E-state index in [2.05, 4.69) is 49.1 Å². The zero-order valence-electron chi connectivity index (χ0n) is 8.61. The first-order valence-electron chi connectivity index (χ1n) is 4.25. The molecule has 0 atom stereocenters. The summed E-state index contributed by atoms with van der Waals surface area (Å²) < 4.78 is 1.39. The van der Waals surface area contributed by atoms with Crippen molar-refractivity contribution in [1.82, 2.24) is 0 Å². The Bertz CT molecular complexity index is 298. The van der Waals surface area contributed by atoms with Gasteiger partial charge in [-0.1, -0.05) is 30.3 Å². The molecule has 1 aromatic carbocycles. The number of hydrogen-bond donors (Lipinski definition) is 0. The molecule has 0 aliphatic carbocycles. The minimum atomic E-state index is 1.32. The Morgan fingerprint density at radius 1 is 0.857 bits per heavy atom. The summed E-state index contributed by atoms with van der Waals surface area (Å²) >= 11 is 5.46. The van der Waals surface area contributed by atoms with Crippen LogP contribution in [0.25, 0.3) is 4.91 Å². The van der Waals surface area contributed by atoms with E-state index in [0.717, 1.165) is 0 Å². The van der Waals surface area contributed by atoms with Gasteiger partial charge in [0.1, 0.15) is 0 Å². The molecule has 0 saturated carbocycles. The first-order valence-corrected chi connectivity index (χ1v) is 7.92. The van der Waals surface area contributed by atoms with Crippen LogP contribution in [0.1, 0.15) is 5.56 Å². The number of thioether (sulfide) groups is 3. The highest BCUT2D eigenvalue weighted by Crippen LogP contribution is 2.38. The molecule has 0 aliphatic heterocycles. The summed E-state index contributed by atoms with van der Waals surface area (Å²) in [6, 6.07) is 10.6. The lowest BCUT2D eigenvalue weighted by Crippen LogP contribution is -1.81.